The molecule has 0 amide bonds. The third kappa shape index (κ3) is 2.95. The summed E-state index contributed by atoms with van der Waals surface area (Å²) in [6, 6.07) is 11.9. The highest BCUT2D eigenvalue weighted by Gasteiger charge is 2.13. The maximum absolute atomic E-state index is 9.35. The first-order chi connectivity index (χ1) is 9.80. The monoisotopic (exact) mass is 267 g/mol. The summed E-state index contributed by atoms with van der Waals surface area (Å²) in [4.78, 5) is 6.62. The first-order valence-electron chi connectivity index (χ1n) is 6.45. The summed E-state index contributed by atoms with van der Waals surface area (Å²) in [7, 11) is 1.66. The maximum atomic E-state index is 9.35. The van der Waals surface area contributed by atoms with Crippen molar-refractivity contribution in [2.24, 2.45) is 0 Å². The lowest BCUT2D eigenvalue weighted by atomic mass is 10.1. The predicted octanol–water partition coefficient (Wildman–Crippen LogP) is 2.75. The highest BCUT2D eigenvalue weighted by atomic mass is 16.5. The Bertz CT molecular complexity index is 646. The van der Waals surface area contributed by atoms with Crippen molar-refractivity contribution >= 4 is 16.7 Å². The number of nitriles is 1. The first kappa shape index (κ1) is 14.0. The van der Waals surface area contributed by atoms with Crippen LogP contribution in [0.2, 0.25) is 0 Å². The van der Waals surface area contributed by atoms with Gasteiger partial charge >= 0.3 is 0 Å². The summed E-state index contributed by atoms with van der Waals surface area (Å²) in [6.45, 7) is 5.63. The summed E-state index contributed by atoms with van der Waals surface area (Å²) in [5.41, 5.74) is 1.45. The van der Waals surface area contributed by atoms with Gasteiger partial charge in [-0.1, -0.05) is 24.3 Å². The summed E-state index contributed by atoms with van der Waals surface area (Å²) >= 11 is 0. The Balaban J connectivity index is 2.48. The van der Waals surface area contributed by atoms with E-state index in [-0.39, 0.29) is 0 Å². The SMILES string of the molecule is C=CCN(CCOC)c1nc2ccccc2cc1C#N. The highest BCUT2D eigenvalue weighted by Crippen LogP contribution is 2.23. The minimum Gasteiger partial charge on any atom is -0.383 e. The zero-order valence-corrected chi connectivity index (χ0v) is 11.5. The van der Waals surface area contributed by atoms with Crippen LogP contribution in [0.25, 0.3) is 10.9 Å². The van der Waals surface area contributed by atoms with Crippen molar-refractivity contribution < 1.29 is 4.74 Å². The van der Waals surface area contributed by atoms with E-state index >= 15 is 0 Å². The molecule has 0 saturated carbocycles. The Morgan fingerprint density at radius 2 is 2.25 bits per heavy atom. The Kier molecular flexibility index (Phi) is 4.70. The number of hydrogen-bond acceptors (Lipinski definition) is 4. The largest absolute Gasteiger partial charge is 0.383 e. The van der Waals surface area contributed by atoms with Crippen molar-refractivity contribution in [2.45, 2.75) is 0 Å². The zero-order chi connectivity index (χ0) is 14.4. The van der Waals surface area contributed by atoms with Crippen LogP contribution in [0.3, 0.4) is 0 Å². The Morgan fingerprint density at radius 3 is 2.95 bits per heavy atom. The molecule has 0 radical (unpaired) electrons. The smallest absolute Gasteiger partial charge is 0.147 e. The normalized spacial score (nSPS) is 10.2. The molecule has 2 rings (SSSR count). The number of pyridine rings is 1. The van der Waals surface area contributed by atoms with Crippen molar-refractivity contribution in [1.82, 2.24) is 4.98 Å². The van der Waals surface area contributed by atoms with Gasteiger partial charge in [0, 0.05) is 25.6 Å². The summed E-state index contributed by atoms with van der Waals surface area (Å²) < 4.78 is 5.11. The Hall–Kier alpha value is -2.38. The van der Waals surface area contributed by atoms with Crippen LogP contribution in [-0.2, 0) is 4.74 Å². The van der Waals surface area contributed by atoms with Gasteiger partial charge in [-0.15, -0.1) is 6.58 Å². The van der Waals surface area contributed by atoms with E-state index < -0.39 is 0 Å². The number of fused-ring (bicyclic) bond motifs is 1. The van der Waals surface area contributed by atoms with Gasteiger partial charge in [0.1, 0.15) is 11.9 Å². The van der Waals surface area contributed by atoms with Gasteiger partial charge in [-0.05, 0) is 12.1 Å². The second-order valence-corrected chi connectivity index (χ2v) is 4.39. The number of nitrogens with zero attached hydrogens (tertiary/aromatic N) is 3. The molecular formula is C16H17N3O. The number of hydrogen-bond donors (Lipinski definition) is 0. The fraction of sp³-hybridized carbons (Fsp3) is 0.250. The molecule has 1 heterocycles. The van der Waals surface area contributed by atoms with Crippen LogP contribution in [-0.4, -0.2) is 31.8 Å². The molecule has 0 bridgehead atoms. The van der Waals surface area contributed by atoms with Gasteiger partial charge in [0.25, 0.3) is 0 Å². The third-order valence-electron chi connectivity index (χ3n) is 3.04. The average molecular weight is 267 g/mol. The number of anilines is 1. The van der Waals surface area contributed by atoms with Crippen molar-refractivity contribution in [3.63, 3.8) is 0 Å². The van der Waals surface area contributed by atoms with E-state index in [0.717, 1.165) is 10.9 Å². The molecule has 20 heavy (non-hydrogen) atoms. The van der Waals surface area contributed by atoms with E-state index in [0.29, 0.717) is 31.1 Å². The second kappa shape index (κ2) is 6.69. The predicted molar refractivity (Wildman–Crippen MR) is 80.7 cm³/mol. The Morgan fingerprint density at radius 1 is 1.45 bits per heavy atom. The molecule has 0 N–H and O–H groups in total. The molecule has 1 aromatic heterocycles. The standard InChI is InChI=1S/C16H17N3O/c1-3-8-19(9-10-20-2)16-14(12-17)11-13-6-4-5-7-15(13)18-16/h3-7,11H,1,8-10H2,2H3. The lowest BCUT2D eigenvalue weighted by molar-refractivity contribution is 0.205. The van der Waals surface area contributed by atoms with Crippen LogP contribution >= 0.6 is 0 Å². The molecule has 0 saturated heterocycles. The molecular weight excluding hydrogens is 250 g/mol. The molecule has 0 atom stereocenters. The van der Waals surface area contributed by atoms with Crippen LogP contribution in [0, 0.1) is 11.3 Å². The van der Waals surface area contributed by atoms with Gasteiger partial charge in [-0.2, -0.15) is 5.26 Å². The average Bonchev–Trinajstić information content (AvgIpc) is 2.50. The van der Waals surface area contributed by atoms with Crippen molar-refractivity contribution in [3.05, 3.63) is 48.6 Å². The number of aromatic nitrogens is 1. The lowest BCUT2D eigenvalue weighted by Crippen LogP contribution is -2.29. The number of benzene rings is 1. The van der Waals surface area contributed by atoms with E-state index in [1.165, 1.54) is 0 Å². The lowest BCUT2D eigenvalue weighted by Gasteiger charge is -2.23. The quantitative estimate of drug-likeness (QED) is 0.755. The number of ether oxygens (including phenoxy) is 1. The first-order valence-corrected chi connectivity index (χ1v) is 6.45. The maximum Gasteiger partial charge on any atom is 0.147 e. The van der Waals surface area contributed by atoms with E-state index in [1.807, 2.05) is 35.2 Å². The molecule has 2 aromatic rings. The summed E-state index contributed by atoms with van der Waals surface area (Å²) in [5.74, 6) is 0.683. The number of methoxy groups -OCH3 is 1. The minimum absolute atomic E-state index is 0.571. The van der Waals surface area contributed by atoms with E-state index in [1.54, 1.807) is 13.2 Å². The van der Waals surface area contributed by atoms with Crippen molar-refractivity contribution in [2.75, 3.05) is 31.7 Å². The molecule has 1 aromatic carbocycles. The van der Waals surface area contributed by atoms with Crippen molar-refractivity contribution in [3.8, 4) is 6.07 Å². The molecule has 0 spiro atoms. The molecule has 0 aliphatic rings. The van der Waals surface area contributed by atoms with Crippen LogP contribution in [0.1, 0.15) is 5.56 Å². The fourth-order valence-electron chi connectivity index (χ4n) is 2.07. The van der Waals surface area contributed by atoms with Gasteiger partial charge in [0.15, 0.2) is 0 Å². The Labute approximate surface area is 118 Å². The van der Waals surface area contributed by atoms with Gasteiger partial charge < -0.3 is 9.64 Å². The highest BCUT2D eigenvalue weighted by molar-refractivity contribution is 5.83. The van der Waals surface area contributed by atoms with Gasteiger partial charge in [-0.25, -0.2) is 4.98 Å². The van der Waals surface area contributed by atoms with E-state index in [4.69, 9.17) is 4.74 Å². The van der Waals surface area contributed by atoms with Gasteiger partial charge in [-0.3, -0.25) is 0 Å². The summed E-state index contributed by atoms with van der Waals surface area (Å²) in [6.07, 6.45) is 1.80. The van der Waals surface area contributed by atoms with E-state index in [9.17, 15) is 5.26 Å². The molecule has 0 unspecified atom stereocenters. The van der Waals surface area contributed by atoms with Gasteiger partial charge in [0.05, 0.1) is 17.7 Å². The van der Waals surface area contributed by atoms with Crippen LogP contribution in [0.15, 0.2) is 43.0 Å². The molecule has 0 aliphatic carbocycles. The zero-order valence-electron chi connectivity index (χ0n) is 11.5. The van der Waals surface area contributed by atoms with Crippen LogP contribution in [0.5, 0.6) is 0 Å². The molecule has 0 aliphatic heterocycles. The van der Waals surface area contributed by atoms with Crippen LogP contribution < -0.4 is 4.90 Å². The molecule has 102 valence electrons. The number of para-hydroxylation sites is 1. The minimum atomic E-state index is 0.571. The van der Waals surface area contributed by atoms with Gasteiger partial charge in [0.2, 0.25) is 0 Å². The van der Waals surface area contributed by atoms with E-state index in [2.05, 4.69) is 17.6 Å². The number of rotatable bonds is 6. The second-order valence-electron chi connectivity index (χ2n) is 4.39. The van der Waals surface area contributed by atoms with Crippen molar-refractivity contribution in [1.29, 1.82) is 5.26 Å². The molecule has 4 nitrogen and oxygen atoms in total. The molecule has 4 heteroatoms. The fourth-order valence-corrected chi connectivity index (χ4v) is 2.07. The molecule has 0 fully saturated rings. The third-order valence-corrected chi connectivity index (χ3v) is 3.04. The van der Waals surface area contributed by atoms with Crippen LogP contribution in [0.4, 0.5) is 5.82 Å². The summed E-state index contributed by atoms with van der Waals surface area (Å²) in [5, 5.41) is 10.3. The topological polar surface area (TPSA) is 49.1 Å².